The van der Waals surface area contributed by atoms with E-state index >= 15 is 0 Å². The maximum Gasteiger partial charge on any atom is 0.261 e. The third-order valence-electron chi connectivity index (χ3n) is 6.34. The van der Waals surface area contributed by atoms with Gasteiger partial charge < -0.3 is 15.0 Å². The fourth-order valence-electron chi connectivity index (χ4n) is 4.02. The molecule has 3 aromatic carbocycles. The van der Waals surface area contributed by atoms with Crippen LogP contribution in [0.1, 0.15) is 42.5 Å². The maximum absolute atomic E-state index is 13.7. The van der Waals surface area contributed by atoms with E-state index < -0.39 is 6.04 Å². The molecule has 0 fully saturated rings. The van der Waals surface area contributed by atoms with Crippen molar-refractivity contribution < 1.29 is 14.3 Å². The Kier molecular flexibility index (Phi) is 10.4. The minimum atomic E-state index is -0.752. The first-order valence-corrected chi connectivity index (χ1v) is 13.2. The Balaban J connectivity index is 1.94. The van der Waals surface area contributed by atoms with Crippen molar-refractivity contribution in [3.63, 3.8) is 0 Å². The monoisotopic (exact) mass is 540 g/mol. The summed E-state index contributed by atoms with van der Waals surface area (Å²) >= 11 is 12.8. The SMILES string of the molecule is CC[C@@H](C)NC(=O)[C@@H](Cc1ccccc1)N(Cc1ccccc1Cl)C(=O)COc1cc(C)c(Cl)c(C)c1. The second kappa shape index (κ2) is 13.5. The molecule has 5 nitrogen and oxygen atoms in total. The number of ether oxygens (including phenoxy) is 1. The maximum atomic E-state index is 13.7. The average molecular weight is 542 g/mol. The molecule has 2 amide bonds. The Morgan fingerprint density at radius 2 is 1.59 bits per heavy atom. The highest BCUT2D eigenvalue weighted by atomic mass is 35.5. The first-order valence-electron chi connectivity index (χ1n) is 12.5. The first-order chi connectivity index (χ1) is 17.7. The number of aryl methyl sites for hydroxylation is 2. The largest absolute Gasteiger partial charge is 0.484 e. The van der Waals surface area contributed by atoms with E-state index in [0.717, 1.165) is 28.7 Å². The van der Waals surface area contributed by atoms with E-state index in [0.29, 0.717) is 22.2 Å². The lowest BCUT2D eigenvalue weighted by Crippen LogP contribution is -2.53. The number of carbonyl (C=O) groups is 2. The van der Waals surface area contributed by atoms with Gasteiger partial charge in [-0.1, -0.05) is 78.7 Å². The van der Waals surface area contributed by atoms with Crippen LogP contribution in [0.3, 0.4) is 0 Å². The molecule has 0 spiro atoms. The smallest absolute Gasteiger partial charge is 0.261 e. The van der Waals surface area contributed by atoms with Crippen LogP contribution in [0.2, 0.25) is 10.0 Å². The number of halogens is 2. The molecule has 0 aromatic heterocycles. The molecule has 7 heteroatoms. The van der Waals surface area contributed by atoms with Gasteiger partial charge in [-0.3, -0.25) is 9.59 Å². The molecular formula is C30H34Cl2N2O3. The van der Waals surface area contributed by atoms with Gasteiger partial charge in [0.2, 0.25) is 5.91 Å². The zero-order valence-corrected chi connectivity index (χ0v) is 23.3. The average Bonchev–Trinajstić information content (AvgIpc) is 2.89. The van der Waals surface area contributed by atoms with Crippen molar-refractivity contribution in [3.05, 3.63) is 99.0 Å². The molecule has 0 aliphatic carbocycles. The number of amides is 2. The van der Waals surface area contributed by atoms with Gasteiger partial charge in [-0.15, -0.1) is 0 Å². The molecule has 0 aliphatic rings. The number of nitrogens with one attached hydrogen (secondary N) is 1. The predicted octanol–water partition coefficient (Wildman–Crippen LogP) is 6.54. The van der Waals surface area contributed by atoms with Crippen LogP contribution in [0.4, 0.5) is 0 Å². The second-order valence-electron chi connectivity index (χ2n) is 9.30. The summed E-state index contributed by atoms with van der Waals surface area (Å²) in [6, 6.07) is 19.9. The van der Waals surface area contributed by atoms with E-state index in [4.69, 9.17) is 27.9 Å². The Morgan fingerprint density at radius 3 is 2.22 bits per heavy atom. The van der Waals surface area contributed by atoms with E-state index in [9.17, 15) is 9.59 Å². The van der Waals surface area contributed by atoms with Gasteiger partial charge in [-0.25, -0.2) is 0 Å². The van der Waals surface area contributed by atoms with E-state index in [2.05, 4.69) is 5.32 Å². The summed E-state index contributed by atoms with van der Waals surface area (Å²) in [5.74, 6) is 0.0244. The van der Waals surface area contributed by atoms with Crippen LogP contribution in [0, 0.1) is 13.8 Å². The molecule has 196 valence electrons. The van der Waals surface area contributed by atoms with Crippen LogP contribution < -0.4 is 10.1 Å². The summed E-state index contributed by atoms with van der Waals surface area (Å²) in [6.07, 6.45) is 1.14. The van der Waals surface area contributed by atoms with Crippen LogP contribution in [-0.4, -0.2) is 35.4 Å². The van der Waals surface area contributed by atoms with Crippen LogP contribution in [0.25, 0.3) is 0 Å². The Morgan fingerprint density at radius 1 is 0.973 bits per heavy atom. The van der Waals surface area contributed by atoms with Crippen molar-refractivity contribution in [1.82, 2.24) is 10.2 Å². The van der Waals surface area contributed by atoms with E-state index in [-0.39, 0.29) is 31.0 Å². The number of nitrogens with zero attached hydrogens (tertiary/aromatic N) is 1. The number of hydrogen-bond donors (Lipinski definition) is 1. The van der Waals surface area contributed by atoms with Crippen molar-refractivity contribution in [3.8, 4) is 5.75 Å². The van der Waals surface area contributed by atoms with Crippen molar-refractivity contribution in [2.45, 2.75) is 59.2 Å². The van der Waals surface area contributed by atoms with Gasteiger partial charge in [-0.2, -0.15) is 0 Å². The van der Waals surface area contributed by atoms with Crippen LogP contribution in [0.15, 0.2) is 66.7 Å². The van der Waals surface area contributed by atoms with Crippen molar-refractivity contribution in [1.29, 1.82) is 0 Å². The Bertz CT molecular complexity index is 1190. The Labute approximate surface area is 229 Å². The summed E-state index contributed by atoms with van der Waals surface area (Å²) < 4.78 is 5.90. The van der Waals surface area contributed by atoms with Gasteiger partial charge >= 0.3 is 0 Å². The predicted molar refractivity (Wildman–Crippen MR) is 150 cm³/mol. The number of benzene rings is 3. The van der Waals surface area contributed by atoms with E-state index in [1.165, 1.54) is 0 Å². The Hall–Kier alpha value is -3.02. The molecule has 0 unspecified atom stereocenters. The number of carbonyl (C=O) groups excluding carboxylic acids is 2. The molecular weight excluding hydrogens is 507 g/mol. The minimum absolute atomic E-state index is 0.0284. The highest BCUT2D eigenvalue weighted by Crippen LogP contribution is 2.26. The fraction of sp³-hybridized carbons (Fsp3) is 0.333. The molecule has 37 heavy (non-hydrogen) atoms. The van der Waals surface area contributed by atoms with Gasteiger partial charge in [0.25, 0.3) is 5.91 Å². The van der Waals surface area contributed by atoms with E-state index in [1.54, 1.807) is 23.1 Å². The third kappa shape index (κ3) is 7.98. The number of rotatable bonds is 11. The van der Waals surface area contributed by atoms with Gasteiger partial charge in [0, 0.05) is 29.1 Å². The zero-order chi connectivity index (χ0) is 26.9. The minimum Gasteiger partial charge on any atom is -0.484 e. The lowest BCUT2D eigenvalue weighted by molar-refractivity contribution is -0.143. The van der Waals surface area contributed by atoms with Crippen LogP contribution >= 0.6 is 23.2 Å². The lowest BCUT2D eigenvalue weighted by Gasteiger charge is -2.32. The lowest BCUT2D eigenvalue weighted by atomic mass is 10.0. The standard InChI is InChI=1S/C30H34Cl2N2O3/c1-5-22(4)33-30(36)27(17-23-11-7-6-8-12-23)34(18-24-13-9-10-14-26(24)31)28(35)19-37-25-15-20(2)29(32)21(3)16-25/h6-16,22,27H,5,17-19H2,1-4H3,(H,33,36)/t22-,27-/m1/s1. The molecule has 0 saturated heterocycles. The molecule has 2 atom stereocenters. The first kappa shape index (κ1) is 28.5. The van der Waals surface area contributed by atoms with Crippen molar-refractivity contribution in [2.75, 3.05) is 6.61 Å². The molecule has 0 radical (unpaired) electrons. The molecule has 3 aromatic rings. The van der Waals surface area contributed by atoms with Gasteiger partial charge in [-0.05, 0) is 67.6 Å². The third-order valence-corrected chi connectivity index (χ3v) is 7.31. The molecule has 0 heterocycles. The quantitative estimate of drug-likeness (QED) is 0.300. The second-order valence-corrected chi connectivity index (χ2v) is 10.1. The highest BCUT2D eigenvalue weighted by molar-refractivity contribution is 6.32. The normalized spacial score (nSPS) is 12.5. The van der Waals surface area contributed by atoms with Crippen LogP contribution in [0.5, 0.6) is 5.75 Å². The summed E-state index contributed by atoms with van der Waals surface area (Å²) in [4.78, 5) is 28.8. The van der Waals surface area contributed by atoms with E-state index in [1.807, 2.05) is 76.2 Å². The molecule has 0 aliphatic heterocycles. The molecule has 0 saturated carbocycles. The number of hydrogen-bond acceptors (Lipinski definition) is 3. The highest BCUT2D eigenvalue weighted by Gasteiger charge is 2.31. The fourth-order valence-corrected chi connectivity index (χ4v) is 4.33. The summed E-state index contributed by atoms with van der Waals surface area (Å²) in [6.45, 7) is 7.68. The summed E-state index contributed by atoms with van der Waals surface area (Å²) in [5, 5.41) is 4.26. The summed E-state index contributed by atoms with van der Waals surface area (Å²) in [7, 11) is 0. The van der Waals surface area contributed by atoms with Gasteiger partial charge in [0.15, 0.2) is 6.61 Å². The topological polar surface area (TPSA) is 58.6 Å². The van der Waals surface area contributed by atoms with Crippen molar-refractivity contribution >= 4 is 35.0 Å². The molecule has 3 rings (SSSR count). The van der Waals surface area contributed by atoms with Crippen LogP contribution in [-0.2, 0) is 22.6 Å². The zero-order valence-electron chi connectivity index (χ0n) is 21.8. The van der Waals surface area contributed by atoms with Crippen molar-refractivity contribution in [2.24, 2.45) is 0 Å². The summed E-state index contributed by atoms with van der Waals surface area (Å²) in [5.41, 5.74) is 3.44. The van der Waals surface area contributed by atoms with Gasteiger partial charge in [0.1, 0.15) is 11.8 Å². The molecule has 0 bridgehead atoms. The molecule has 1 N–H and O–H groups in total. The van der Waals surface area contributed by atoms with Gasteiger partial charge in [0.05, 0.1) is 0 Å².